The summed E-state index contributed by atoms with van der Waals surface area (Å²) >= 11 is 0. The van der Waals surface area contributed by atoms with Gasteiger partial charge in [-0.2, -0.15) is 0 Å². The Morgan fingerprint density at radius 1 is 1.00 bits per heavy atom. The maximum atomic E-state index is 13.7. The summed E-state index contributed by atoms with van der Waals surface area (Å²) in [5, 5.41) is 2.61. The largest absolute Gasteiger partial charge is 0.327 e. The summed E-state index contributed by atoms with van der Waals surface area (Å²) in [6.07, 6.45) is 0. The number of anilines is 1. The predicted molar refractivity (Wildman–Crippen MR) is 100 cm³/mol. The van der Waals surface area contributed by atoms with Crippen molar-refractivity contribution in [1.82, 2.24) is 9.55 Å². The Morgan fingerprint density at radius 3 is 2.44 bits per heavy atom. The molecule has 0 unspecified atom stereocenters. The minimum Gasteiger partial charge on any atom is -0.327 e. The second kappa shape index (κ2) is 6.64. The number of imidazole rings is 1. The second-order valence-electron chi connectivity index (χ2n) is 6.14. The van der Waals surface area contributed by atoms with Crippen molar-refractivity contribution in [1.29, 1.82) is 0 Å². The first-order valence-electron chi connectivity index (χ1n) is 8.31. The van der Waals surface area contributed by atoms with Crippen LogP contribution in [0.2, 0.25) is 0 Å². The molecule has 0 spiro atoms. The zero-order valence-corrected chi connectivity index (χ0v) is 14.4. The van der Waals surface area contributed by atoms with Crippen LogP contribution in [0, 0.1) is 11.6 Å². The van der Waals surface area contributed by atoms with Crippen molar-refractivity contribution in [3.8, 4) is 11.4 Å². The topological polar surface area (TPSA) is 46.9 Å². The molecule has 6 heteroatoms. The number of carbonyl (C=O) groups excluding carboxylic acids is 1. The number of rotatable bonds is 3. The van der Waals surface area contributed by atoms with Gasteiger partial charge in [0.25, 0.3) is 5.91 Å². The molecule has 27 heavy (non-hydrogen) atoms. The van der Waals surface area contributed by atoms with E-state index in [-0.39, 0.29) is 5.56 Å². The second-order valence-corrected chi connectivity index (χ2v) is 6.14. The Hall–Kier alpha value is -3.54. The molecular formula is C21H15F2N3O. The van der Waals surface area contributed by atoms with Crippen LogP contribution in [0.25, 0.3) is 22.4 Å². The van der Waals surface area contributed by atoms with E-state index in [0.717, 1.165) is 34.6 Å². The minimum absolute atomic E-state index is 0.212. The van der Waals surface area contributed by atoms with Gasteiger partial charge in [-0.3, -0.25) is 4.79 Å². The van der Waals surface area contributed by atoms with E-state index in [1.165, 1.54) is 0 Å². The molecule has 1 N–H and O–H groups in total. The van der Waals surface area contributed by atoms with E-state index in [2.05, 4.69) is 10.3 Å². The van der Waals surface area contributed by atoms with Crippen LogP contribution >= 0.6 is 0 Å². The Balaban J connectivity index is 1.58. The van der Waals surface area contributed by atoms with Crippen LogP contribution in [0.15, 0.2) is 66.7 Å². The van der Waals surface area contributed by atoms with E-state index in [1.807, 2.05) is 48.0 Å². The van der Waals surface area contributed by atoms with E-state index in [9.17, 15) is 13.6 Å². The Labute approximate surface area is 154 Å². The fraction of sp³-hybridized carbons (Fsp3) is 0.0476. The zero-order chi connectivity index (χ0) is 19.0. The quantitative estimate of drug-likeness (QED) is 0.570. The number of nitrogens with one attached hydrogen (secondary N) is 1. The molecule has 1 heterocycles. The summed E-state index contributed by atoms with van der Waals surface area (Å²) in [5.74, 6) is -1.46. The van der Waals surface area contributed by atoms with E-state index in [4.69, 9.17) is 0 Å². The van der Waals surface area contributed by atoms with Gasteiger partial charge in [0.2, 0.25) is 0 Å². The van der Waals surface area contributed by atoms with Gasteiger partial charge in [-0.05, 0) is 48.5 Å². The van der Waals surface area contributed by atoms with Crippen molar-refractivity contribution in [2.24, 2.45) is 7.05 Å². The first kappa shape index (κ1) is 16.9. The highest BCUT2D eigenvalue weighted by Crippen LogP contribution is 2.25. The average molecular weight is 363 g/mol. The molecule has 0 saturated carbocycles. The summed E-state index contributed by atoms with van der Waals surface area (Å²) in [5.41, 5.74) is 3.11. The van der Waals surface area contributed by atoms with Gasteiger partial charge in [-0.15, -0.1) is 0 Å². The van der Waals surface area contributed by atoms with E-state index >= 15 is 0 Å². The lowest BCUT2D eigenvalue weighted by Crippen LogP contribution is -2.13. The maximum absolute atomic E-state index is 13.7. The molecule has 1 amide bonds. The van der Waals surface area contributed by atoms with E-state index < -0.39 is 17.5 Å². The number of aryl methyl sites for hydroxylation is 1. The van der Waals surface area contributed by atoms with Crippen molar-refractivity contribution in [2.75, 3.05) is 5.32 Å². The summed E-state index contributed by atoms with van der Waals surface area (Å²) in [6, 6.07) is 17.8. The molecule has 4 nitrogen and oxygen atoms in total. The summed E-state index contributed by atoms with van der Waals surface area (Å²) in [6.45, 7) is 0. The fourth-order valence-electron chi connectivity index (χ4n) is 2.98. The van der Waals surface area contributed by atoms with Crippen LogP contribution in [0.4, 0.5) is 14.5 Å². The smallest absolute Gasteiger partial charge is 0.258 e. The minimum atomic E-state index is -0.899. The van der Waals surface area contributed by atoms with Gasteiger partial charge in [-0.25, -0.2) is 13.8 Å². The molecule has 1 aromatic heterocycles. The zero-order valence-electron chi connectivity index (χ0n) is 14.4. The number of fused-ring (bicyclic) bond motifs is 1. The molecule has 134 valence electrons. The molecule has 0 fully saturated rings. The lowest BCUT2D eigenvalue weighted by molar-refractivity contribution is 0.102. The lowest BCUT2D eigenvalue weighted by atomic mass is 10.1. The summed E-state index contributed by atoms with van der Waals surface area (Å²) in [4.78, 5) is 16.8. The standard InChI is InChI=1S/C21H15F2N3O/c1-26-19-5-3-2-4-18(19)25-20(26)13-6-9-15(10-7-13)24-21(27)16-11-8-14(22)12-17(16)23/h2-12H,1H3,(H,24,27). The van der Waals surface area contributed by atoms with Gasteiger partial charge < -0.3 is 9.88 Å². The van der Waals surface area contributed by atoms with Crippen LogP contribution in [-0.2, 0) is 7.05 Å². The Morgan fingerprint density at radius 2 is 1.74 bits per heavy atom. The molecule has 4 rings (SSSR count). The van der Waals surface area contributed by atoms with Crippen molar-refractivity contribution in [3.05, 3.63) is 83.9 Å². The molecule has 0 aliphatic carbocycles. The van der Waals surface area contributed by atoms with Crippen LogP contribution in [0.5, 0.6) is 0 Å². The number of para-hydroxylation sites is 2. The molecule has 0 atom stereocenters. The van der Waals surface area contributed by atoms with Gasteiger partial charge in [0.05, 0.1) is 16.6 Å². The fourth-order valence-corrected chi connectivity index (χ4v) is 2.98. The van der Waals surface area contributed by atoms with E-state index in [1.54, 1.807) is 12.1 Å². The molecule has 0 radical (unpaired) electrons. The van der Waals surface area contributed by atoms with Crippen LogP contribution in [0.3, 0.4) is 0 Å². The number of hydrogen-bond donors (Lipinski definition) is 1. The number of halogens is 2. The molecule has 3 aromatic carbocycles. The molecule has 0 aliphatic rings. The van der Waals surface area contributed by atoms with Gasteiger partial charge in [0, 0.05) is 24.4 Å². The van der Waals surface area contributed by atoms with Gasteiger partial charge >= 0.3 is 0 Å². The summed E-state index contributed by atoms with van der Waals surface area (Å²) < 4.78 is 28.7. The van der Waals surface area contributed by atoms with Crippen molar-refractivity contribution < 1.29 is 13.6 Å². The summed E-state index contributed by atoms with van der Waals surface area (Å²) in [7, 11) is 1.94. The first-order valence-corrected chi connectivity index (χ1v) is 8.31. The average Bonchev–Trinajstić information content (AvgIpc) is 2.99. The Bertz CT molecular complexity index is 1150. The Kier molecular flexibility index (Phi) is 4.16. The third kappa shape index (κ3) is 3.17. The number of benzene rings is 3. The number of amides is 1. The number of aromatic nitrogens is 2. The maximum Gasteiger partial charge on any atom is 0.258 e. The molecule has 0 aliphatic heterocycles. The molecule has 4 aromatic rings. The van der Waals surface area contributed by atoms with Crippen LogP contribution in [0.1, 0.15) is 10.4 Å². The van der Waals surface area contributed by atoms with Crippen molar-refractivity contribution >= 4 is 22.6 Å². The number of nitrogens with zero attached hydrogens (tertiary/aromatic N) is 2. The van der Waals surface area contributed by atoms with E-state index in [0.29, 0.717) is 11.8 Å². The SMILES string of the molecule is Cn1c(-c2ccc(NC(=O)c3ccc(F)cc3F)cc2)nc2ccccc21. The van der Waals surface area contributed by atoms with Gasteiger partial charge in [0.1, 0.15) is 17.5 Å². The number of hydrogen-bond acceptors (Lipinski definition) is 2. The van der Waals surface area contributed by atoms with Crippen molar-refractivity contribution in [3.63, 3.8) is 0 Å². The third-order valence-corrected chi connectivity index (χ3v) is 4.36. The van der Waals surface area contributed by atoms with Crippen LogP contribution in [-0.4, -0.2) is 15.5 Å². The predicted octanol–water partition coefficient (Wildman–Crippen LogP) is 4.77. The third-order valence-electron chi connectivity index (χ3n) is 4.36. The number of carbonyl (C=O) groups is 1. The van der Waals surface area contributed by atoms with Gasteiger partial charge in [0.15, 0.2) is 0 Å². The highest BCUT2D eigenvalue weighted by atomic mass is 19.1. The normalized spacial score (nSPS) is 10.9. The molecule has 0 saturated heterocycles. The van der Waals surface area contributed by atoms with Crippen molar-refractivity contribution in [2.45, 2.75) is 0 Å². The van der Waals surface area contributed by atoms with Crippen LogP contribution < -0.4 is 5.32 Å². The highest BCUT2D eigenvalue weighted by Gasteiger charge is 2.13. The monoisotopic (exact) mass is 363 g/mol. The highest BCUT2D eigenvalue weighted by molar-refractivity contribution is 6.04. The molecule has 0 bridgehead atoms. The van der Waals surface area contributed by atoms with Gasteiger partial charge in [-0.1, -0.05) is 12.1 Å². The molecular weight excluding hydrogens is 348 g/mol. The lowest BCUT2D eigenvalue weighted by Gasteiger charge is -2.08. The first-order chi connectivity index (χ1) is 13.0.